The molecule has 0 aliphatic heterocycles. The van der Waals surface area contributed by atoms with E-state index in [1.165, 1.54) is 24.3 Å². The molecule has 0 saturated carbocycles. The lowest BCUT2D eigenvalue weighted by molar-refractivity contribution is -0.252. The second kappa shape index (κ2) is 9.14. The molecule has 0 aliphatic carbocycles. The fraction of sp³-hybridized carbons (Fsp3) is 0.182. The molecule has 8 heteroatoms. The summed E-state index contributed by atoms with van der Waals surface area (Å²) in [6.45, 7) is -1.60. The molecule has 0 heterocycles. The summed E-state index contributed by atoms with van der Waals surface area (Å²) >= 11 is 3.10. The number of hydrogen-bond acceptors (Lipinski definition) is 2. The lowest BCUT2D eigenvalue weighted by atomic mass is 9.96. The van der Waals surface area contributed by atoms with Crippen LogP contribution in [-0.4, -0.2) is 12.8 Å². The number of hydrogen-bond donors (Lipinski definition) is 0. The third kappa shape index (κ3) is 5.17. The Balaban J connectivity index is 1.72. The van der Waals surface area contributed by atoms with E-state index in [4.69, 9.17) is 9.47 Å². The van der Waals surface area contributed by atoms with E-state index < -0.39 is 29.8 Å². The van der Waals surface area contributed by atoms with Crippen LogP contribution in [0.2, 0.25) is 0 Å². The van der Waals surface area contributed by atoms with Crippen molar-refractivity contribution in [3.63, 3.8) is 0 Å². The van der Waals surface area contributed by atoms with E-state index in [1.54, 1.807) is 30.3 Å². The van der Waals surface area contributed by atoms with Gasteiger partial charge < -0.3 is 9.47 Å². The minimum Gasteiger partial charge on any atom is -0.454 e. The highest BCUT2D eigenvalue weighted by atomic mass is 79.9. The average Bonchev–Trinajstić information content (AvgIpc) is 2.70. The zero-order valence-corrected chi connectivity index (χ0v) is 17.0. The lowest BCUT2D eigenvalue weighted by Crippen LogP contribution is -2.42. The largest absolute Gasteiger partial charge is 0.454 e. The maximum atomic E-state index is 14.9. The van der Waals surface area contributed by atoms with Crippen LogP contribution in [0.4, 0.5) is 22.0 Å². The summed E-state index contributed by atoms with van der Waals surface area (Å²) in [4.78, 5) is 0. The quantitative estimate of drug-likeness (QED) is 0.325. The zero-order chi connectivity index (χ0) is 21.8. The van der Waals surface area contributed by atoms with Gasteiger partial charge in [-0.05, 0) is 42.0 Å². The SMILES string of the molecule is Fc1ccc(COCC(F)(c2ccc(Br)cc2)C(F)(F)F)cc1Oc1ccccc1. The first-order valence-corrected chi connectivity index (χ1v) is 9.59. The van der Waals surface area contributed by atoms with Gasteiger partial charge >= 0.3 is 6.18 Å². The summed E-state index contributed by atoms with van der Waals surface area (Å²) in [5.41, 5.74) is -3.91. The van der Waals surface area contributed by atoms with Crippen molar-refractivity contribution >= 4 is 15.9 Å². The minimum atomic E-state index is -5.18. The summed E-state index contributed by atoms with van der Waals surface area (Å²) in [5, 5.41) is 0. The van der Waals surface area contributed by atoms with Gasteiger partial charge in [0.15, 0.2) is 11.6 Å². The molecule has 158 valence electrons. The maximum absolute atomic E-state index is 14.9. The van der Waals surface area contributed by atoms with Gasteiger partial charge in [-0.25, -0.2) is 8.78 Å². The Kier molecular flexibility index (Phi) is 6.77. The van der Waals surface area contributed by atoms with Crippen LogP contribution in [0.15, 0.2) is 77.3 Å². The van der Waals surface area contributed by atoms with E-state index in [9.17, 15) is 22.0 Å². The standard InChI is InChI=1S/C22H16BrF5O2/c23-17-9-7-16(8-10-17)21(25,22(26,27)28)14-29-13-15-6-11-19(24)20(12-15)30-18-4-2-1-3-5-18/h1-12H,13-14H2. The predicted octanol–water partition coefficient (Wildman–Crippen LogP) is 7.32. The van der Waals surface area contributed by atoms with Crippen molar-refractivity contribution in [1.82, 2.24) is 0 Å². The number of benzene rings is 3. The Hall–Kier alpha value is -2.45. The van der Waals surface area contributed by atoms with Crippen LogP contribution in [0, 0.1) is 5.82 Å². The van der Waals surface area contributed by atoms with Gasteiger partial charge in [0.05, 0.1) is 13.2 Å². The van der Waals surface area contributed by atoms with Crippen molar-refractivity contribution in [3.8, 4) is 11.5 Å². The molecule has 0 amide bonds. The van der Waals surface area contributed by atoms with Gasteiger partial charge in [-0.15, -0.1) is 0 Å². The number of halogens is 6. The highest BCUT2D eigenvalue weighted by Crippen LogP contribution is 2.43. The van der Waals surface area contributed by atoms with Crippen LogP contribution in [0.3, 0.4) is 0 Å². The number of para-hydroxylation sites is 1. The Morgan fingerprint density at radius 2 is 1.50 bits per heavy atom. The van der Waals surface area contributed by atoms with Crippen LogP contribution in [0.1, 0.15) is 11.1 Å². The highest BCUT2D eigenvalue weighted by molar-refractivity contribution is 9.10. The summed E-state index contributed by atoms with van der Waals surface area (Å²) < 4.78 is 80.3. The normalized spacial score (nSPS) is 13.7. The third-order valence-electron chi connectivity index (χ3n) is 4.29. The molecule has 30 heavy (non-hydrogen) atoms. The van der Waals surface area contributed by atoms with Gasteiger partial charge in [0, 0.05) is 10.0 Å². The van der Waals surface area contributed by atoms with E-state index in [-0.39, 0.29) is 12.4 Å². The molecule has 0 bridgehead atoms. The van der Waals surface area contributed by atoms with Gasteiger partial charge in [-0.1, -0.05) is 52.3 Å². The summed E-state index contributed by atoms with van der Waals surface area (Å²) in [6.07, 6.45) is -5.18. The molecular formula is C22H16BrF5O2. The molecule has 1 unspecified atom stereocenters. The van der Waals surface area contributed by atoms with Crippen LogP contribution >= 0.6 is 15.9 Å². The highest BCUT2D eigenvalue weighted by Gasteiger charge is 2.57. The zero-order valence-electron chi connectivity index (χ0n) is 15.4. The van der Waals surface area contributed by atoms with Crippen molar-refractivity contribution in [2.75, 3.05) is 6.61 Å². The second-order valence-electron chi connectivity index (χ2n) is 6.48. The molecule has 0 N–H and O–H groups in total. The molecule has 1 atom stereocenters. The van der Waals surface area contributed by atoms with E-state index in [0.29, 0.717) is 15.8 Å². The van der Waals surface area contributed by atoms with Crippen molar-refractivity contribution in [1.29, 1.82) is 0 Å². The molecule has 3 aromatic rings. The molecule has 3 rings (SSSR count). The molecule has 0 aliphatic rings. The Morgan fingerprint density at radius 1 is 0.833 bits per heavy atom. The van der Waals surface area contributed by atoms with Crippen molar-refractivity contribution in [2.45, 2.75) is 18.5 Å². The molecule has 3 aromatic carbocycles. The van der Waals surface area contributed by atoms with E-state index in [0.717, 1.165) is 18.2 Å². The van der Waals surface area contributed by atoms with E-state index in [2.05, 4.69) is 15.9 Å². The fourth-order valence-corrected chi connectivity index (χ4v) is 2.95. The Bertz CT molecular complexity index is 977. The third-order valence-corrected chi connectivity index (χ3v) is 4.82. The van der Waals surface area contributed by atoms with Gasteiger partial charge in [0.2, 0.25) is 0 Å². The number of ether oxygens (including phenoxy) is 2. The first-order chi connectivity index (χ1) is 14.2. The fourth-order valence-electron chi connectivity index (χ4n) is 2.68. The van der Waals surface area contributed by atoms with Gasteiger partial charge in [-0.3, -0.25) is 0 Å². The molecule has 0 aromatic heterocycles. The second-order valence-corrected chi connectivity index (χ2v) is 7.39. The van der Waals surface area contributed by atoms with Gasteiger partial charge in [-0.2, -0.15) is 13.2 Å². The summed E-state index contributed by atoms with van der Waals surface area (Å²) in [5.74, 6) is -0.366. The van der Waals surface area contributed by atoms with Gasteiger partial charge in [0.25, 0.3) is 5.67 Å². The van der Waals surface area contributed by atoms with Crippen LogP contribution in [0.25, 0.3) is 0 Å². The van der Waals surface area contributed by atoms with Crippen molar-refractivity contribution < 1.29 is 31.4 Å². The van der Waals surface area contributed by atoms with Crippen molar-refractivity contribution in [2.24, 2.45) is 0 Å². The topological polar surface area (TPSA) is 18.5 Å². The van der Waals surface area contributed by atoms with E-state index in [1.807, 2.05) is 0 Å². The van der Waals surface area contributed by atoms with Crippen LogP contribution in [0.5, 0.6) is 11.5 Å². The number of alkyl halides is 4. The predicted molar refractivity (Wildman–Crippen MR) is 106 cm³/mol. The number of rotatable bonds is 7. The molecule has 0 spiro atoms. The Morgan fingerprint density at radius 3 is 2.13 bits per heavy atom. The molecule has 0 saturated heterocycles. The molecule has 0 fully saturated rings. The monoisotopic (exact) mass is 486 g/mol. The first kappa shape index (κ1) is 22.2. The lowest BCUT2D eigenvalue weighted by Gasteiger charge is -2.28. The Labute approximate surface area is 178 Å². The summed E-state index contributed by atoms with van der Waals surface area (Å²) in [6, 6.07) is 16.9. The summed E-state index contributed by atoms with van der Waals surface area (Å²) in [7, 11) is 0. The van der Waals surface area contributed by atoms with Crippen molar-refractivity contribution in [3.05, 3.63) is 94.2 Å². The van der Waals surface area contributed by atoms with Gasteiger partial charge in [0.1, 0.15) is 5.75 Å². The van der Waals surface area contributed by atoms with Crippen LogP contribution < -0.4 is 4.74 Å². The smallest absolute Gasteiger partial charge is 0.429 e. The molecular weight excluding hydrogens is 471 g/mol. The van der Waals surface area contributed by atoms with E-state index >= 15 is 0 Å². The van der Waals surface area contributed by atoms with Crippen LogP contribution in [-0.2, 0) is 17.0 Å². The molecule has 0 radical (unpaired) electrons. The maximum Gasteiger partial charge on any atom is 0.429 e. The first-order valence-electron chi connectivity index (χ1n) is 8.80. The average molecular weight is 487 g/mol. The molecule has 2 nitrogen and oxygen atoms in total. The minimum absolute atomic E-state index is 0.113.